The van der Waals surface area contributed by atoms with Crippen LogP contribution in [0, 0.1) is 11.8 Å². The molecule has 2 aliphatic carbocycles. The monoisotopic (exact) mass is 224 g/mol. The molecule has 0 spiro atoms. The van der Waals surface area contributed by atoms with Crippen LogP contribution in [0.4, 0.5) is 0 Å². The van der Waals surface area contributed by atoms with E-state index in [0.29, 0.717) is 5.54 Å². The molecule has 2 N–H and O–H groups in total. The largest absolute Gasteiger partial charge is 0.329 e. The Morgan fingerprint density at radius 1 is 1.19 bits per heavy atom. The predicted molar refractivity (Wildman–Crippen MR) is 69.4 cm³/mol. The fourth-order valence-corrected chi connectivity index (χ4v) is 3.19. The minimum Gasteiger partial charge on any atom is -0.329 e. The van der Waals surface area contributed by atoms with Crippen LogP contribution in [0.25, 0.3) is 0 Å². The summed E-state index contributed by atoms with van der Waals surface area (Å²) in [6, 6.07) is 0. The lowest BCUT2D eigenvalue weighted by molar-refractivity contribution is 0.101. The van der Waals surface area contributed by atoms with Gasteiger partial charge in [0.25, 0.3) is 0 Å². The Bertz CT molecular complexity index is 225. The van der Waals surface area contributed by atoms with Crippen molar-refractivity contribution in [3.05, 3.63) is 0 Å². The molecule has 2 aliphatic rings. The van der Waals surface area contributed by atoms with E-state index in [1.54, 1.807) is 0 Å². The molecule has 0 heterocycles. The molecule has 2 heteroatoms. The van der Waals surface area contributed by atoms with E-state index in [1.807, 2.05) is 0 Å². The van der Waals surface area contributed by atoms with Crippen LogP contribution in [0.2, 0.25) is 0 Å². The molecule has 0 aromatic carbocycles. The van der Waals surface area contributed by atoms with Crippen LogP contribution in [0.5, 0.6) is 0 Å². The highest BCUT2D eigenvalue weighted by Gasteiger charge is 2.37. The summed E-state index contributed by atoms with van der Waals surface area (Å²) >= 11 is 0. The topological polar surface area (TPSA) is 29.3 Å². The predicted octanol–water partition coefficient (Wildman–Crippen LogP) is 2.63. The number of nitrogens with zero attached hydrogens (tertiary/aromatic N) is 1. The Morgan fingerprint density at radius 2 is 1.94 bits per heavy atom. The minimum atomic E-state index is 0.327. The molecule has 2 fully saturated rings. The first-order chi connectivity index (χ1) is 7.66. The van der Waals surface area contributed by atoms with Crippen molar-refractivity contribution in [2.75, 3.05) is 20.1 Å². The Balaban J connectivity index is 1.97. The molecule has 0 bridgehead atoms. The molecule has 2 rings (SSSR count). The van der Waals surface area contributed by atoms with Gasteiger partial charge in [-0.25, -0.2) is 0 Å². The molecule has 0 aliphatic heterocycles. The van der Waals surface area contributed by atoms with E-state index in [9.17, 15) is 0 Å². The zero-order chi connectivity index (χ0) is 11.6. The number of hydrogen-bond donors (Lipinski definition) is 1. The van der Waals surface area contributed by atoms with Gasteiger partial charge >= 0.3 is 0 Å². The molecule has 2 unspecified atom stereocenters. The highest BCUT2D eigenvalue weighted by molar-refractivity contribution is 4.94. The van der Waals surface area contributed by atoms with Crippen molar-refractivity contribution in [1.82, 2.24) is 4.90 Å². The first-order valence-electron chi connectivity index (χ1n) is 7.07. The Morgan fingerprint density at radius 3 is 2.56 bits per heavy atom. The number of nitrogens with two attached hydrogens (primary N) is 1. The van der Waals surface area contributed by atoms with E-state index < -0.39 is 0 Å². The second-order valence-electron chi connectivity index (χ2n) is 6.29. The normalized spacial score (nSPS) is 36.4. The SMILES string of the molecule is CC1CCCC(CN)(N(C)CC2CC2)CC1. The zero-order valence-electron chi connectivity index (χ0n) is 11.0. The van der Waals surface area contributed by atoms with Gasteiger partial charge in [-0.1, -0.05) is 19.8 Å². The molecule has 0 saturated heterocycles. The van der Waals surface area contributed by atoms with E-state index >= 15 is 0 Å². The number of hydrogen-bond acceptors (Lipinski definition) is 2. The summed E-state index contributed by atoms with van der Waals surface area (Å²) in [5.74, 6) is 1.89. The van der Waals surface area contributed by atoms with Gasteiger partial charge in [-0.3, -0.25) is 4.90 Å². The molecule has 2 atom stereocenters. The first-order valence-corrected chi connectivity index (χ1v) is 7.07. The van der Waals surface area contributed by atoms with Crippen LogP contribution in [0.1, 0.15) is 51.9 Å². The third-order valence-electron chi connectivity index (χ3n) is 4.86. The smallest absolute Gasteiger partial charge is 0.0328 e. The van der Waals surface area contributed by atoms with Crippen molar-refractivity contribution < 1.29 is 0 Å². The van der Waals surface area contributed by atoms with Crippen molar-refractivity contribution in [2.24, 2.45) is 17.6 Å². The van der Waals surface area contributed by atoms with Gasteiger partial charge in [0.05, 0.1) is 0 Å². The van der Waals surface area contributed by atoms with Crippen molar-refractivity contribution >= 4 is 0 Å². The third kappa shape index (κ3) is 2.78. The minimum absolute atomic E-state index is 0.327. The van der Waals surface area contributed by atoms with Crippen molar-refractivity contribution in [2.45, 2.75) is 57.4 Å². The fourth-order valence-electron chi connectivity index (χ4n) is 3.19. The number of likely N-dealkylation sites (N-methyl/N-ethyl adjacent to an activating group) is 1. The van der Waals surface area contributed by atoms with Crippen LogP contribution >= 0.6 is 0 Å². The van der Waals surface area contributed by atoms with Crippen LogP contribution in [-0.2, 0) is 0 Å². The maximum Gasteiger partial charge on any atom is 0.0328 e. The molecule has 2 saturated carbocycles. The van der Waals surface area contributed by atoms with Gasteiger partial charge in [0.15, 0.2) is 0 Å². The van der Waals surface area contributed by atoms with E-state index in [2.05, 4.69) is 18.9 Å². The van der Waals surface area contributed by atoms with Crippen LogP contribution in [-0.4, -0.2) is 30.6 Å². The van der Waals surface area contributed by atoms with Gasteiger partial charge in [0.2, 0.25) is 0 Å². The summed E-state index contributed by atoms with van der Waals surface area (Å²) in [5, 5.41) is 0. The lowest BCUT2D eigenvalue weighted by Gasteiger charge is -2.41. The summed E-state index contributed by atoms with van der Waals surface area (Å²) in [6.45, 7) is 4.53. The third-order valence-corrected chi connectivity index (χ3v) is 4.86. The summed E-state index contributed by atoms with van der Waals surface area (Å²) in [4.78, 5) is 2.60. The lowest BCUT2D eigenvalue weighted by Crippen LogP contribution is -2.52. The maximum absolute atomic E-state index is 6.11. The molecule has 0 radical (unpaired) electrons. The van der Waals surface area contributed by atoms with Crippen molar-refractivity contribution in [1.29, 1.82) is 0 Å². The standard InChI is InChI=1S/C14H28N2/c1-12-4-3-8-14(11-15,9-7-12)16(2)10-13-5-6-13/h12-13H,3-11,15H2,1-2H3. The summed E-state index contributed by atoms with van der Waals surface area (Å²) < 4.78 is 0. The molecule has 16 heavy (non-hydrogen) atoms. The molecule has 94 valence electrons. The Kier molecular flexibility index (Phi) is 3.91. The quantitative estimate of drug-likeness (QED) is 0.744. The summed E-state index contributed by atoms with van der Waals surface area (Å²) in [7, 11) is 2.31. The maximum atomic E-state index is 6.11. The molecule has 2 nitrogen and oxygen atoms in total. The molecular weight excluding hydrogens is 196 g/mol. The molecular formula is C14H28N2. The van der Waals surface area contributed by atoms with Gasteiger partial charge in [0.1, 0.15) is 0 Å². The average Bonchev–Trinajstić information content (AvgIpc) is 3.07. The second kappa shape index (κ2) is 5.05. The summed E-state index contributed by atoms with van der Waals surface area (Å²) in [6.07, 6.45) is 9.66. The fraction of sp³-hybridized carbons (Fsp3) is 1.00. The summed E-state index contributed by atoms with van der Waals surface area (Å²) in [5.41, 5.74) is 6.44. The van der Waals surface area contributed by atoms with Gasteiger partial charge < -0.3 is 5.73 Å². The van der Waals surface area contributed by atoms with Crippen molar-refractivity contribution in [3.8, 4) is 0 Å². The van der Waals surface area contributed by atoms with Gasteiger partial charge in [-0.2, -0.15) is 0 Å². The Labute approximate surface area is 101 Å². The average molecular weight is 224 g/mol. The van der Waals surface area contributed by atoms with E-state index in [1.165, 1.54) is 51.5 Å². The highest BCUT2D eigenvalue weighted by atomic mass is 15.2. The van der Waals surface area contributed by atoms with Crippen LogP contribution in [0.15, 0.2) is 0 Å². The number of rotatable bonds is 4. The van der Waals surface area contributed by atoms with Crippen molar-refractivity contribution in [3.63, 3.8) is 0 Å². The Hall–Kier alpha value is -0.0800. The first kappa shape index (κ1) is 12.4. The highest BCUT2D eigenvalue weighted by Crippen LogP contribution is 2.37. The van der Waals surface area contributed by atoms with Gasteiger partial charge in [-0.05, 0) is 51.0 Å². The van der Waals surface area contributed by atoms with Gasteiger partial charge in [-0.15, -0.1) is 0 Å². The van der Waals surface area contributed by atoms with Crippen LogP contribution < -0.4 is 5.73 Å². The lowest BCUT2D eigenvalue weighted by atomic mass is 9.88. The van der Waals surface area contributed by atoms with E-state index in [-0.39, 0.29) is 0 Å². The van der Waals surface area contributed by atoms with E-state index in [4.69, 9.17) is 5.73 Å². The van der Waals surface area contributed by atoms with Gasteiger partial charge in [0, 0.05) is 18.6 Å². The van der Waals surface area contributed by atoms with E-state index in [0.717, 1.165) is 18.4 Å². The second-order valence-corrected chi connectivity index (χ2v) is 6.29. The zero-order valence-corrected chi connectivity index (χ0v) is 11.0. The molecule has 0 aromatic heterocycles. The molecule has 0 aromatic rings. The molecule has 0 amide bonds. The van der Waals surface area contributed by atoms with Crippen LogP contribution in [0.3, 0.4) is 0 Å².